The number of rotatable bonds is 8. The monoisotopic (exact) mass is 482 g/mol. The van der Waals surface area contributed by atoms with Gasteiger partial charge in [-0.1, -0.05) is 30.3 Å². The van der Waals surface area contributed by atoms with Gasteiger partial charge in [0.1, 0.15) is 17.2 Å². The number of ether oxygens (including phenoxy) is 2. The third kappa shape index (κ3) is 5.57. The number of nitro benzene ring substituents is 1. The van der Waals surface area contributed by atoms with Gasteiger partial charge in [0.25, 0.3) is 5.69 Å². The number of nitro groups is 1. The van der Waals surface area contributed by atoms with Crippen molar-refractivity contribution in [3.05, 3.63) is 88.5 Å². The zero-order valence-corrected chi connectivity index (χ0v) is 18.8. The van der Waals surface area contributed by atoms with E-state index in [4.69, 9.17) is 9.47 Å². The number of sulfonamides is 1. The van der Waals surface area contributed by atoms with E-state index in [1.54, 1.807) is 24.3 Å². The molecule has 0 unspecified atom stereocenters. The Hall–Kier alpha value is -3.80. The van der Waals surface area contributed by atoms with Crippen LogP contribution in [0.15, 0.2) is 82.8 Å². The molecular formula is C23H22N4O6S. The lowest BCUT2D eigenvalue weighted by molar-refractivity contribution is -0.384. The first-order valence-corrected chi connectivity index (χ1v) is 11.9. The minimum Gasteiger partial charge on any atom is -0.457 e. The van der Waals surface area contributed by atoms with Crippen LogP contribution in [0.2, 0.25) is 0 Å². The Morgan fingerprint density at radius 3 is 2.47 bits per heavy atom. The van der Waals surface area contributed by atoms with Gasteiger partial charge in [-0.25, -0.2) is 8.42 Å². The van der Waals surface area contributed by atoms with Crippen molar-refractivity contribution in [3.8, 4) is 11.5 Å². The number of hydrogen-bond donors (Lipinski definition) is 1. The van der Waals surface area contributed by atoms with Crippen molar-refractivity contribution in [1.82, 2.24) is 4.31 Å². The summed E-state index contributed by atoms with van der Waals surface area (Å²) in [5, 5.41) is 15.7. The summed E-state index contributed by atoms with van der Waals surface area (Å²) in [6.07, 6.45) is 1.49. The van der Waals surface area contributed by atoms with Crippen molar-refractivity contribution in [2.75, 3.05) is 31.7 Å². The summed E-state index contributed by atoms with van der Waals surface area (Å²) in [5.74, 6) is 1.30. The largest absolute Gasteiger partial charge is 0.457 e. The highest BCUT2D eigenvalue weighted by molar-refractivity contribution is 7.89. The molecule has 0 atom stereocenters. The van der Waals surface area contributed by atoms with Gasteiger partial charge >= 0.3 is 0 Å². The van der Waals surface area contributed by atoms with Crippen LogP contribution < -0.4 is 10.2 Å². The maximum Gasteiger partial charge on any atom is 0.295 e. The van der Waals surface area contributed by atoms with Gasteiger partial charge in [-0.2, -0.15) is 9.41 Å². The maximum atomic E-state index is 12.8. The highest BCUT2D eigenvalue weighted by atomic mass is 32.2. The summed E-state index contributed by atoms with van der Waals surface area (Å²) in [5.41, 5.74) is 3.01. The molecule has 11 heteroatoms. The van der Waals surface area contributed by atoms with Crippen LogP contribution in [0.4, 0.5) is 11.4 Å². The lowest BCUT2D eigenvalue weighted by atomic mass is 10.2. The van der Waals surface area contributed by atoms with Crippen molar-refractivity contribution in [3.63, 3.8) is 0 Å². The van der Waals surface area contributed by atoms with E-state index >= 15 is 0 Å². The summed E-state index contributed by atoms with van der Waals surface area (Å²) in [6.45, 7) is 0.974. The number of hydrazone groups is 1. The number of nitrogens with zero attached hydrogens (tertiary/aromatic N) is 3. The van der Waals surface area contributed by atoms with E-state index in [-0.39, 0.29) is 36.9 Å². The van der Waals surface area contributed by atoms with Crippen LogP contribution in [0.3, 0.4) is 0 Å². The molecule has 1 saturated heterocycles. The fourth-order valence-electron chi connectivity index (χ4n) is 3.31. The molecule has 0 radical (unpaired) electrons. The molecule has 1 aliphatic heterocycles. The third-order valence-corrected chi connectivity index (χ3v) is 6.90. The Labute approximate surface area is 196 Å². The second-order valence-electron chi connectivity index (χ2n) is 7.31. The van der Waals surface area contributed by atoms with Crippen molar-refractivity contribution >= 4 is 27.6 Å². The number of hydrogen-bond acceptors (Lipinski definition) is 8. The van der Waals surface area contributed by atoms with Crippen LogP contribution in [-0.2, 0) is 14.8 Å². The average Bonchev–Trinajstić information content (AvgIpc) is 2.85. The number of morpholine rings is 1. The van der Waals surface area contributed by atoms with Crippen molar-refractivity contribution in [2.24, 2.45) is 5.10 Å². The molecule has 4 rings (SSSR count). The van der Waals surface area contributed by atoms with Crippen molar-refractivity contribution in [2.45, 2.75) is 4.90 Å². The summed E-state index contributed by atoms with van der Waals surface area (Å²) in [7, 11) is -3.86. The summed E-state index contributed by atoms with van der Waals surface area (Å²) >= 11 is 0. The van der Waals surface area contributed by atoms with E-state index in [2.05, 4.69) is 10.5 Å². The molecule has 1 aliphatic rings. The first kappa shape index (κ1) is 23.4. The van der Waals surface area contributed by atoms with Gasteiger partial charge in [-0.15, -0.1) is 0 Å². The fraction of sp³-hybridized carbons (Fsp3) is 0.174. The first-order chi connectivity index (χ1) is 16.4. The molecule has 34 heavy (non-hydrogen) atoms. The quantitative estimate of drug-likeness (QED) is 0.294. The number of anilines is 1. The summed E-state index contributed by atoms with van der Waals surface area (Å²) in [4.78, 5) is 10.8. The van der Waals surface area contributed by atoms with E-state index in [1.165, 1.54) is 22.7 Å². The van der Waals surface area contributed by atoms with E-state index < -0.39 is 20.6 Å². The Kier molecular flexibility index (Phi) is 7.16. The van der Waals surface area contributed by atoms with Crippen LogP contribution in [0.5, 0.6) is 11.5 Å². The van der Waals surface area contributed by atoms with Crippen LogP contribution in [0, 0.1) is 10.1 Å². The van der Waals surface area contributed by atoms with Gasteiger partial charge in [0, 0.05) is 19.2 Å². The Morgan fingerprint density at radius 2 is 1.74 bits per heavy atom. The van der Waals surface area contributed by atoms with Crippen LogP contribution >= 0.6 is 0 Å². The van der Waals surface area contributed by atoms with Crippen LogP contribution in [0.25, 0.3) is 0 Å². The molecule has 1 fully saturated rings. The molecule has 0 saturated carbocycles. The Morgan fingerprint density at radius 1 is 1.00 bits per heavy atom. The zero-order chi connectivity index (χ0) is 24.0. The number of nitrogens with one attached hydrogen (secondary N) is 1. The van der Waals surface area contributed by atoms with Gasteiger partial charge in [-0.05, 0) is 42.0 Å². The highest BCUT2D eigenvalue weighted by Crippen LogP contribution is 2.29. The molecule has 3 aromatic carbocycles. The van der Waals surface area contributed by atoms with Crippen molar-refractivity contribution in [1.29, 1.82) is 0 Å². The predicted octanol–water partition coefficient (Wildman–Crippen LogP) is 3.85. The van der Waals surface area contributed by atoms with Crippen LogP contribution in [0.1, 0.15) is 5.56 Å². The fourth-order valence-corrected chi connectivity index (χ4v) is 4.74. The topological polar surface area (TPSA) is 123 Å². The molecular weight excluding hydrogens is 460 g/mol. The molecule has 1 N–H and O–H groups in total. The average molecular weight is 483 g/mol. The second kappa shape index (κ2) is 10.4. The molecule has 10 nitrogen and oxygen atoms in total. The summed E-state index contributed by atoms with van der Waals surface area (Å²) < 4.78 is 37.9. The van der Waals surface area contributed by atoms with E-state index in [0.29, 0.717) is 17.1 Å². The molecule has 0 aromatic heterocycles. The molecule has 1 heterocycles. The molecule has 0 amide bonds. The summed E-state index contributed by atoms with van der Waals surface area (Å²) in [6, 6.07) is 20.2. The minimum absolute atomic E-state index is 0.0684. The normalized spacial score (nSPS) is 14.7. The van der Waals surface area contributed by atoms with E-state index in [9.17, 15) is 18.5 Å². The lowest BCUT2D eigenvalue weighted by Crippen LogP contribution is -2.40. The first-order valence-electron chi connectivity index (χ1n) is 10.4. The predicted molar refractivity (Wildman–Crippen MR) is 127 cm³/mol. The van der Waals surface area contributed by atoms with E-state index in [0.717, 1.165) is 6.07 Å². The standard InChI is InChI=1S/C23H22N4O6S/c28-27(29)23-16-21(34(30,31)26-11-13-32-14-12-26)9-10-22(23)25-24-17-18-5-4-8-20(15-18)33-19-6-2-1-3-7-19/h1-10,15-17,25H,11-14H2/b24-17-. The maximum absolute atomic E-state index is 12.8. The van der Waals surface area contributed by atoms with Gasteiger partial charge < -0.3 is 9.47 Å². The molecule has 3 aromatic rings. The number of benzene rings is 3. The molecule has 0 bridgehead atoms. The van der Waals surface area contributed by atoms with Gasteiger partial charge in [0.05, 0.1) is 29.2 Å². The van der Waals surface area contributed by atoms with E-state index in [1.807, 2.05) is 30.3 Å². The second-order valence-corrected chi connectivity index (χ2v) is 9.25. The third-order valence-electron chi connectivity index (χ3n) is 5.01. The SMILES string of the molecule is O=[N+]([O-])c1cc(S(=O)(=O)N2CCOCC2)ccc1N/N=C\c1cccc(Oc2ccccc2)c1. The number of para-hydroxylation sites is 1. The highest BCUT2D eigenvalue weighted by Gasteiger charge is 2.28. The molecule has 0 spiro atoms. The lowest BCUT2D eigenvalue weighted by Gasteiger charge is -2.26. The Balaban J connectivity index is 1.49. The molecule has 0 aliphatic carbocycles. The van der Waals surface area contributed by atoms with Gasteiger partial charge in [-0.3, -0.25) is 15.5 Å². The van der Waals surface area contributed by atoms with Gasteiger partial charge in [0.2, 0.25) is 10.0 Å². The smallest absolute Gasteiger partial charge is 0.295 e. The minimum atomic E-state index is -3.86. The molecule has 176 valence electrons. The Bertz CT molecular complexity index is 1290. The van der Waals surface area contributed by atoms with Gasteiger partial charge in [0.15, 0.2) is 0 Å². The van der Waals surface area contributed by atoms with Crippen molar-refractivity contribution < 1.29 is 22.8 Å². The van der Waals surface area contributed by atoms with Crippen LogP contribution in [-0.4, -0.2) is 50.2 Å². The zero-order valence-electron chi connectivity index (χ0n) is 18.0.